The van der Waals surface area contributed by atoms with E-state index in [1.807, 2.05) is 23.6 Å². The average molecular weight is 490 g/mol. The van der Waals surface area contributed by atoms with Crippen molar-refractivity contribution in [2.75, 3.05) is 16.6 Å². The lowest BCUT2D eigenvalue weighted by molar-refractivity contribution is 0.477. The molecule has 3 heterocycles. The summed E-state index contributed by atoms with van der Waals surface area (Å²) in [6.45, 7) is 2.86. The van der Waals surface area contributed by atoms with Gasteiger partial charge in [0.2, 0.25) is 0 Å². The van der Waals surface area contributed by atoms with Gasteiger partial charge in [0, 0.05) is 13.1 Å². The Hall–Kier alpha value is -4.31. The summed E-state index contributed by atoms with van der Waals surface area (Å²) in [5, 5.41) is 13.6. The minimum atomic E-state index is -3.69. The molecule has 0 saturated carbocycles. The predicted molar refractivity (Wildman–Crippen MR) is 134 cm³/mol. The number of imidazole rings is 1. The zero-order chi connectivity index (χ0) is 24.4. The molecule has 0 aliphatic heterocycles. The summed E-state index contributed by atoms with van der Waals surface area (Å²) in [7, 11) is -3.69. The summed E-state index contributed by atoms with van der Waals surface area (Å²) < 4.78 is 35.1. The molecule has 35 heavy (non-hydrogen) atoms. The minimum Gasteiger partial charge on any atom is -0.506 e. The van der Waals surface area contributed by atoms with Crippen LogP contribution in [0.4, 0.5) is 11.5 Å². The van der Waals surface area contributed by atoms with Crippen LogP contribution in [0.25, 0.3) is 22.6 Å². The molecule has 5 aromatic rings. The number of aryl methyl sites for hydroxylation is 1. The van der Waals surface area contributed by atoms with Crippen molar-refractivity contribution in [2.45, 2.75) is 18.4 Å². The molecule has 0 aliphatic rings. The highest BCUT2D eigenvalue weighted by molar-refractivity contribution is 7.92. The molecule has 3 N–H and O–H groups in total. The molecule has 2 aromatic carbocycles. The topological polar surface area (TPSA) is 122 Å². The molecule has 0 unspecified atom stereocenters. The maximum absolute atomic E-state index is 12.6. The second-order valence-corrected chi connectivity index (χ2v) is 9.67. The quantitative estimate of drug-likeness (QED) is 0.291. The SMILES string of the molecule is Cc1ccc(S(=O)(=O)Nc2ccc(NCCn3c(-c4ccco4)nc4cccc(O)c43)nc2)cc1. The van der Waals surface area contributed by atoms with Crippen LogP contribution in [0.2, 0.25) is 0 Å². The maximum atomic E-state index is 12.6. The highest BCUT2D eigenvalue weighted by Gasteiger charge is 2.17. The number of aromatic hydroxyl groups is 1. The van der Waals surface area contributed by atoms with Crippen LogP contribution >= 0.6 is 0 Å². The number of phenols is 1. The summed E-state index contributed by atoms with van der Waals surface area (Å²) in [6.07, 6.45) is 3.04. The van der Waals surface area contributed by atoms with Crippen molar-refractivity contribution in [1.29, 1.82) is 0 Å². The maximum Gasteiger partial charge on any atom is 0.261 e. The smallest absolute Gasteiger partial charge is 0.261 e. The van der Waals surface area contributed by atoms with Gasteiger partial charge in [-0.25, -0.2) is 18.4 Å². The number of sulfonamides is 1. The molecule has 0 saturated heterocycles. The Balaban J connectivity index is 1.28. The van der Waals surface area contributed by atoms with E-state index in [4.69, 9.17) is 4.42 Å². The van der Waals surface area contributed by atoms with Crippen LogP contribution in [0, 0.1) is 6.92 Å². The van der Waals surface area contributed by atoms with Gasteiger partial charge in [0.05, 0.1) is 28.6 Å². The zero-order valence-corrected chi connectivity index (χ0v) is 19.7. The van der Waals surface area contributed by atoms with Crippen molar-refractivity contribution in [1.82, 2.24) is 14.5 Å². The molecule has 0 bridgehead atoms. The Kier molecular flexibility index (Phi) is 5.87. The lowest BCUT2D eigenvalue weighted by Crippen LogP contribution is -2.14. The van der Waals surface area contributed by atoms with Crippen molar-refractivity contribution in [3.05, 3.63) is 84.8 Å². The summed E-state index contributed by atoms with van der Waals surface area (Å²) in [6, 6.07) is 18.8. The lowest BCUT2D eigenvalue weighted by atomic mass is 10.2. The number of furan rings is 1. The lowest BCUT2D eigenvalue weighted by Gasteiger charge is -2.11. The van der Waals surface area contributed by atoms with Crippen molar-refractivity contribution in [2.24, 2.45) is 0 Å². The van der Waals surface area contributed by atoms with Gasteiger partial charge in [-0.3, -0.25) is 4.72 Å². The van der Waals surface area contributed by atoms with Gasteiger partial charge in [-0.05, 0) is 55.5 Å². The molecule has 0 fully saturated rings. The zero-order valence-electron chi connectivity index (χ0n) is 18.8. The highest BCUT2D eigenvalue weighted by Crippen LogP contribution is 2.30. The Labute approximate surface area is 202 Å². The van der Waals surface area contributed by atoms with Gasteiger partial charge >= 0.3 is 0 Å². The van der Waals surface area contributed by atoms with E-state index in [0.717, 1.165) is 5.56 Å². The Bertz CT molecular complexity index is 1560. The fraction of sp³-hybridized carbons (Fsp3) is 0.120. The first kappa shape index (κ1) is 22.5. The van der Waals surface area contributed by atoms with E-state index in [-0.39, 0.29) is 10.6 Å². The van der Waals surface area contributed by atoms with E-state index < -0.39 is 10.0 Å². The number of nitrogens with one attached hydrogen (secondary N) is 2. The number of benzene rings is 2. The molecule has 10 heteroatoms. The van der Waals surface area contributed by atoms with E-state index in [1.165, 1.54) is 6.20 Å². The van der Waals surface area contributed by atoms with Crippen LogP contribution in [-0.4, -0.2) is 34.6 Å². The Morgan fingerprint density at radius 2 is 1.86 bits per heavy atom. The van der Waals surface area contributed by atoms with Gasteiger partial charge < -0.3 is 19.4 Å². The number of aromatic nitrogens is 3. The monoisotopic (exact) mass is 489 g/mol. The average Bonchev–Trinajstić information content (AvgIpc) is 3.49. The number of para-hydroxylation sites is 1. The van der Waals surface area contributed by atoms with Crippen LogP contribution in [0.5, 0.6) is 5.75 Å². The highest BCUT2D eigenvalue weighted by atomic mass is 32.2. The predicted octanol–water partition coefficient (Wildman–Crippen LogP) is 4.62. The van der Waals surface area contributed by atoms with Gasteiger partial charge in [0.1, 0.15) is 17.1 Å². The summed E-state index contributed by atoms with van der Waals surface area (Å²) in [4.78, 5) is 9.12. The van der Waals surface area contributed by atoms with Crippen LogP contribution in [-0.2, 0) is 16.6 Å². The van der Waals surface area contributed by atoms with E-state index in [2.05, 4.69) is 20.0 Å². The first-order chi connectivity index (χ1) is 16.9. The largest absolute Gasteiger partial charge is 0.506 e. The third-order valence-corrected chi connectivity index (χ3v) is 6.87. The first-order valence-electron chi connectivity index (χ1n) is 10.9. The number of fused-ring (bicyclic) bond motifs is 1. The molecule has 0 amide bonds. The third-order valence-electron chi connectivity index (χ3n) is 5.48. The molecule has 3 aromatic heterocycles. The Morgan fingerprint density at radius 3 is 2.57 bits per heavy atom. The molecular formula is C25H23N5O4S. The summed E-state index contributed by atoms with van der Waals surface area (Å²) in [5.74, 6) is 1.93. The van der Waals surface area contributed by atoms with Gasteiger partial charge in [-0.2, -0.15) is 0 Å². The van der Waals surface area contributed by atoms with Crippen LogP contribution in [0.1, 0.15) is 5.56 Å². The van der Waals surface area contributed by atoms with Crippen LogP contribution < -0.4 is 10.0 Å². The number of phenolic OH excluding ortho intramolecular Hbond substituents is 1. The number of hydrogen-bond donors (Lipinski definition) is 3. The van der Waals surface area contributed by atoms with E-state index >= 15 is 0 Å². The standard InChI is InChI=1S/C25H23N5O4S/c1-17-7-10-19(11-8-17)35(32,33)29-18-9-12-23(27-16-18)26-13-14-30-24-20(4-2-5-21(24)31)28-25(30)22-6-3-15-34-22/h2-12,15-16,29,31H,13-14H2,1H3,(H,26,27). The van der Waals surface area contributed by atoms with E-state index in [1.54, 1.807) is 60.9 Å². The summed E-state index contributed by atoms with van der Waals surface area (Å²) >= 11 is 0. The Morgan fingerprint density at radius 1 is 1.03 bits per heavy atom. The minimum absolute atomic E-state index is 0.135. The van der Waals surface area contributed by atoms with E-state index in [0.29, 0.717) is 47.2 Å². The van der Waals surface area contributed by atoms with Gasteiger partial charge in [-0.15, -0.1) is 0 Å². The number of hydrogen-bond acceptors (Lipinski definition) is 7. The summed E-state index contributed by atoms with van der Waals surface area (Å²) in [5.41, 5.74) is 2.63. The normalized spacial score (nSPS) is 11.6. The van der Waals surface area contributed by atoms with Crippen molar-refractivity contribution < 1.29 is 17.9 Å². The van der Waals surface area contributed by atoms with Gasteiger partial charge in [0.25, 0.3) is 10.0 Å². The molecule has 0 radical (unpaired) electrons. The van der Waals surface area contributed by atoms with Crippen LogP contribution in [0.15, 0.2) is 88.5 Å². The number of rotatable bonds is 8. The molecule has 0 spiro atoms. The van der Waals surface area contributed by atoms with E-state index in [9.17, 15) is 13.5 Å². The second-order valence-electron chi connectivity index (χ2n) is 7.99. The van der Waals surface area contributed by atoms with Crippen LogP contribution in [0.3, 0.4) is 0 Å². The molecular weight excluding hydrogens is 466 g/mol. The van der Waals surface area contributed by atoms with Crippen molar-refractivity contribution >= 4 is 32.6 Å². The number of anilines is 2. The first-order valence-corrected chi connectivity index (χ1v) is 12.4. The molecule has 0 atom stereocenters. The fourth-order valence-electron chi connectivity index (χ4n) is 3.76. The molecule has 0 aliphatic carbocycles. The number of pyridine rings is 1. The molecule has 9 nitrogen and oxygen atoms in total. The molecule has 178 valence electrons. The fourth-order valence-corrected chi connectivity index (χ4v) is 4.81. The van der Waals surface area contributed by atoms with Gasteiger partial charge in [0.15, 0.2) is 11.6 Å². The second kappa shape index (κ2) is 9.15. The number of nitrogens with zero attached hydrogens (tertiary/aromatic N) is 3. The van der Waals surface area contributed by atoms with Crippen molar-refractivity contribution in [3.63, 3.8) is 0 Å². The van der Waals surface area contributed by atoms with Gasteiger partial charge in [-0.1, -0.05) is 23.8 Å². The van der Waals surface area contributed by atoms with Crippen molar-refractivity contribution in [3.8, 4) is 17.3 Å². The third kappa shape index (κ3) is 4.69. The molecule has 5 rings (SSSR count).